The van der Waals surface area contributed by atoms with E-state index in [2.05, 4.69) is 27.8 Å². The maximum atomic E-state index is 11.7. The van der Waals surface area contributed by atoms with Crippen molar-refractivity contribution in [3.8, 4) is 0 Å². The molecule has 1 aromatic rings. The fraction of sp³-hybridized carbons (Fsp3) is 0.750. The third kappa shape index (κ3) is 5.12. The van der Waals surface area contributed by atoms with E-state index >= 15 is 0 Å². The number of rotatable bonds is 6. The minimum atomic E-state index is -0.925. The Kier molecular flexibility index (Phi) is 5.68. The van der Waals surface area contributed by atoms with Crippen molar-refractivity contribution in [2.45, 2.75) is 46.1 Å². The maximum Gasteiger partial charge on any atom is 0.321 e. The monoisotopic (exact) mass is 286 g/mol. The van der Waals surface area contributed by atoms with Crippen LogP contribution in [0, 0.1) is 5.92 Å². The molecule has 0 aliphatic heterocycles. The van der Waals surface area contributed by atoms with E-state index in [9.17, 15) is 9.90 Å². The number of nitrogens with one attached hydrogen (secondary N) is 2. The van der Waals surface area contributed by atoms with E-state index in [1.807, 2.05) is 13.8 Å². The highest BCUT2D eigenvalue weighted by atomic mass is 32.1. The lowest BCUT2D eigenvalue weighted by Crippen LogP contribution is -2.45. The zero-order chi connectivity index (χ0) is 14.5. The molecule has 0 saturated carbocycles. The van der Waals surface area contributed by atoms with E-state index in [1.165, 1.54) is 11.3 Å². The lowest BCUT2D eigenvalue weighted by Gasteiger charge is -2.27. The van der Waals surface area contributed by atoms with Crippen LogP contribution in [0.4, 0.5) is 9.93 Å². The molecule has 108 valence electrons. The van der Waals surface area contributed by atoms with Gasteiger partial charge < -0.3 is 10.4 Å². The van der Waals surface area contributed by atoms with Crippen molar-refractivity contribution < 1.29 is 9.90 Å². The average Bonchev–Trinajstić information content (AvgIpc) is 2.74. The molecule has 0 spiro atoms. The molecule has 0 aromatic carbocycles. The number of carbonyl (C=O) groups excluding carboxylic acids is 1. The van der Waals surface area contributed by atoms with Gasteiger partial charge in [-0.15, -0.1) is 10.2 Å². The predicted octanol–water partition coefficient (Wildman–Crippen LogP) is 2.02. The number of aliphatic hydroxyl groups is 1. The molecule has 19 heavy (non-hydrogen) atoms. The molecule has 1 atom stereocenters. The number of urea groups is 1. The molecule has 0 fully saturated rings. The van der Waals surface area contributed by atoms with E-state index in [4.69, 9.17) is 0 Å². The summed E-state index contributed by atoms with van der Waals surface area (Å²) in [4.78, 5) is 11.7. The number of carbonyl (C=O) groups is 1. The molecule has 1 heterocycles. The van der Waals surface area contributed by atoms with E-state index in [1.54, 1.807) is 6.92 Å². The molecular formula is C12H22N4O2S. The van der Waals surface area contributed by atoms with Gasteiger partial charge in [0.25, 0.3) is 0 Å². The van der Waals surface area contributed by atoms with Crippen molar-refractivity contribution in [2.75, 3.05) is 11.9 Å². The van der Waals surface area contributed by atoms with Crippen molar-refractivity contribution in [1.29, 1.82) is 0 Å². The van der Waals surface area contributed by atoms with Gasteiger partial charge in [-0.1, -0.05) is 32.1 Å². The lowest BCUT2D eigenvalue weighted by molar-refractivity contribution is 0.0170. The zero-order valence-electron chi connectivity index (χ0n) is 11.9. The van der Waals surface area contributed by atoms with Gasteiger partial charge in [0.2, 0.25) is 5.13 Å². The molecule has 0 saturated heterocycles. The number of anilines is 1. The van der Waals surface area contributed by atoms with Gasteiger partial charge >= 0.3 is 6.03 Å². The number of aryl methyl sites for hydroxylation is 1. The second kappa shape index (κ2) is 6.81. The minimum Gasteiger partial charge on any atom is -0.388 e. The van der Waals surface area contributed by atoms with Crippen LogP contribution in [0.3, 0.4) is 0 Å². The number of amides is 2. The fourth-order valence-electron chi connectivity index (χ4n) is 1.22. The van der Waals surface area contributed by atoms with Crippen LogP contribution >= 0.6 is 11.3 Å². The Bertz CT molecular complexity index is 418. The summed E-state index contributed by atoms with van der Waals surface area (Å²) < 4.78 is 0. The van der Waals surface area contributed by atoms with Crippen LogP contribution in [-0.4, -0.2) is 33.5 Å². The Hall–Kier alpha value is -1.21. The summed E-state index contributed by atoms with van der Waals surface area (Å²) in [7, 11) is 0. The summed E-state index contributed by atoms with van der Waals surface area (Å²) in [6.45, 7) is 7.76. The molecule has 7 heteroatoms. The summed E-state index contributed by atoms with van der Waals surface area (Å²) in [5, 5.41) is 24.5. The van der Waals surface area contributed by atoms with E-state index in [0.717, 1.165) is 17.8 Å². The number of hydrogen-bond acceptors (Lipinski definition) is 5. The molecule has 6 nitrogen and oxygen atoms in total. The summed E-state index contributed by atoms with van der Waals surface area (Å²) >= 11 is 1.37. The zero-order valence-corrected chi connectivity index (χ0v) is 12.7. The van der Waals surface area contributed by atoms with E-state index < -0.39 is 5.60 Å². The Labute approximate surface area is 117 Å². The van der Waals surface area contributed by atoms with Crippen molar-refractivity contribution in [3.05, 3.63) is 5.01 Å². The highest BCUT2D eigenvalue weighted by Crippen LogP contribution is 2.17. The van der Waals surface area contributed by atoms with Gasteiger partial charge in [0.05, 0.1) is 5.60 Å². The second-order valence-electron chi connectivity index (χ2n) is 5.07. The first-order valence-electron chi connectivity index (χ1n) is 6.44. The van der Waals surface area contributed by atoms with Crippen LogP contribution in [0.15, 0.2) is 0 Å². The van der Waals surface area contributed by atoms with Crippen molar-refractivity contribution >= 4 is 22.5 Å². The average molecular weight is 286 g/mol. The Balaban J connectivity index is 2.42. The topological polar surface area (TPSA) is 87.1 Å². The van der Waals surface area contributed by atoms with Gasteiger partial charge in [-0.25, -0.2) is 4.79 Å². The fourth-order valence-corrected chi connectivity index (χ4v) is 2.06. The first kappa shape index (κ1) is 15.8. The highest BCUT2D eigenvalue weighted by molar-refractivity contribution is 7.15. The molecule has 0 bridgehead atoms. The van der Waals surface area contributed by atoms with Gasteiger partial charge in [-0.2, -0.15) is 0 Å². The van der Waals surface area contributed by atoms with Gasteiger partial charge in [0, 0.05) is 13.0 Å². The van der Waals surface area contributed by atoms with Crippen molar-refractivity contribution in [2.24, 2.45) is 5.92 Å². The Morgan fingerprint density at radius 2 is 2.16 bits per heavy atom. The molecule has 1 unspecified atom stereocenters. The summed E-state index contributed by atoms with van der Waals surface area (Å²) in [6, 6.07) is -0.375. The third-order valence-corrected chi connectivity index (χ3v) is 3.90. The van der Waals surface area contributed by atoms with Crippen LogP contribution in [0.2, 0.25) is 0 Å². The normalized spacial score (nSPS) is 14.2. The molecule has 0 aliphatic rings. The maximum absolute atomic E-state index is 11.7. The first-order chi connectivity index (χ1) is 8.85. The van der Waals surface area contributed by atoms with Crippen LogP contribution in [0.1, 0.15) is 39.1 Å². The summed E-state index contributed by atoms with van der Waals surface area (Å²) in [5.74, 6) is 0.0606. The largest absolute Gasteiger partial charge is 0.388 e. The summed E-state index contributed by atoms with van der Waals surface area (Å²) in [5.41, 5.74) is -0.925. The second-order valence-corrected chi connectivity index (χ2v) is 6.13. The van der Waals surface area contributed by atoms with Gasteiger partial charge in [-0.3, -0.25) is 5.32 Å². The van der Waals surface area contributed by atoms with Crippen LogP contribution in [0.25, 0.3) is 0 Å². The quantitative estimate of drug-likeness (QED) is 0.746. The van der Waals surface area contributed by atoms with Crippen LogP contribution in [0.5, 0.6) is 0 Å². The van der Waals surface area contributed by atoms with Gasteiger partial charge in [0.1, 0.15) is 5.01 Å². The Morgan fingerprint density at radius 3 is 2.74 bits per heavy atom. The van der Waals surface area contributed by atoms with Crippen molar-refractivity contribution in [3.63, 3.8) is 0 Å². The smallest absolute Gasteiger partial charge is 0.321 e. The molecular weight excluding hydrogens is 264 g/mol. The van der Waals surface area contributed by atoms with Gasteiger partial charge in [0.15, 0.2) is 0 Å². The summed E-state index contributed by atoms with van der Waals surface area (Å²) in [6.07, 6.45) is 1.86. The molecule has 0 radical (unpaired) electrons. The lowest BCUT2D eigenvalue weighted by atomic mass is 9.93. The predicted molar refractivity (Wildman–Crippen MR) is 76.4 cm³/mol. The molecule has 2 amide bonds. The van der Waals surface area contributed by atoms with E-state index in [-0.39, 0.29) is 18.5 Å². The number of hydrogen-bond donors (Lipinski definition) is 3. The van der Waals surface area contributed by atoms with Crippen LogP contribution in [-0.2, 0) is 6.42 Å². The standard InChI is InChI=1S/C12H22N4O2S/c1-5-6-9-15-16-11(19-9)14-10(17)13-7-12(4,18)8(2)3/h8,18H,5-7H2,1-4H3,(H2,13,14,16,17). The minimum absolute atomic E-state index is 0.0606. The molecule has 3 N–H and O–H groups in total. The SMILES string of the molecule is CCCc1nnc(NC(=O)NCC(C)(O)C(C)C)s1. The van der Waals surface area contributed by atoms with Crippen LogP contribution < -0.4 is 10.6 Å². The van der Waals surface area contributed by atoms with E-state index in [0.29, 0.717) is 5.13 Å². The highest BCUT2D eigenvalue weighted by Gasteiger charge is 2.25. The number of aromatic nitrogens is 2. The van der Waals surface area contributed by atoms with Gasteiger partial charge in [-0.05, 0) is 19.3 Å². The first-order valence-corrected chi connectivity index (χ1v) is 7.26. The third-order valence-electron chi connectivity index (χ3n) is 3.00. The molecule has 0 aliphatic carbocycles. The Morgan fingerprint density at radius 1 is 1.47 bits per heavy atom. The molecule has 1 aromatic heterocycles. The number of nitrogens with zero attached hydrogens (tertiary/aromatic N) is 2. The van der Waals surface area contributed by atoms with Crippen molar-refractivity contribution in [1.82, 2.24) is 15.5 Å². The molecule has 1 rings (SSSR count).